The van der Waals surface area contributed by atoms with Crippen molar-refractivity contribution in [3.63, 3.8) is 0 Å². The number of hydrogen-bond donors (Lipinski definition) is 0. The Morgan fingerprint density at radius 2 is 2.14 bits per heavy atom. The van der Waals surface area contributed by atoms with Gasteiger partial charge in [0.15, 0.2) is 0 Å². The summed E-state index contributed by atoms with van der Waals surface area (Å²) in [5, 5.41) is 0. The Hall–Kier alpha value is -1.35. The van der Waals surface area contributed by atoms with Gasteiger partial charge in [0.1, 0.15) is 6.10 Å². The number of hydrogen-bond acceptors (Lipinski definition) is 3. The lowest BCUT2D eigenvalue weighted by atomic mass is 10.3. The van der Waals surface area contributed by atoms with E-state index < -0.39 is 5.97 Å². The number of ether oxygens (including phenoxy) is 2. The van der Waals surface area contributed by atoms with Gasteiger partial charge in [0, 0.05) is 0 Å². The Bertz CT molecular complexity index is 231. The Labute approximate surface area is 84.7 Å². The molecule has 0 rings (SSSR count). The van der Waals surface area contributed by atoms with Crippen LogP contribution in [0.4, 0.5) is 0 Å². The Balaban J connectivity index is 3.81. The summed E-state index contributed by atoms with van der Waals surface area (Å²) in [7, 11) is 0. The molecular formula is C11H16O3. The van der Waals surface area contributed by atoms with Gasteiger partial charge in [-0.05, 0) is 6.92 Å². The molecule has 1 atom stereocenters. The highest BCUT2D eigenvalue weighted by Gasteiger charge is 2.10. The number of esters is 1. The van der Waals surface area contributed by atoms with Crippen LogP contribution in [-0.4, -0.2) is 25.3 Å². The van der Waals surface area contributed by atoms with Gasteiger partial charge in [0.05, 0.1) is 18.8 Å². The maximum atomic E-state index is 11.2. The van der Waals surface area contributed by atoms with E-state index in [9.17, 15) is 4.79 Å². The number of carbonyl (C=O) groups is 1. The first-order valence-electron chi connectivity index (χ1n) is 4.31. The molecule has 0 N–H and O–H groups in total. The van der Waals surface area contributed by atoms with Crippen LogP contribution in [-0.2, 0) is 14.3 Å². The molecule has 0 aromatic carbocycles. The fourth-order valence-electron chi connectivity index (χ4n) is 0.625. The normalized spacial score (nSPS) is 11.5. The third kappa shape index (κ3) is 5.32. The van der Waals surface area contributed by atoms with Crippen LogP contribution in [0.2, 0.25) is 0 Å². The van der Waals surface area contributed by atoms with Crippen LogP contribution in [0.5, 0.6) is 0 Å². The molecule has 0 saturated carbocycles. The lowest BCUT2D eigenvalue weighted by molar-refractivity contribution is -0.142. The minimum Gasteiger partial charge on any atom is -0.455 e. The predicted molar refractivity (Wildman–Crippen MR) is 55.9 cm³/mol. The van der Waals surface area contributed by atoms with E-state index in [-0.39, 0.29) is 12.7 Å². The molecule has 3 heteroatoms. The van der Waals surface area contributed by atoms with Crippen LogP contribution in [0.15, 0.2) is 37.5 Å². The van der Waals surface area contributed by atoms with Gasteiger partial charge in [-0.1, -0.05) is 25.3 Å². The van der Waals surface area contributed by atoms with Crippen molar-refractivity contribution < 1.29 is 14.3 Å². The molecule has 78 valence electrons. The molecule has 0 saturated heterocycles. The molecule has 0 heterocycles. The van der Waals surface area contributed by atoms with Crippen molar-refractivity contribution in [3.8, 4) is 0 Å². The van der Waals surface area contributed by atoms with Crippen molar-refractivity contribution in [2.75, 3.05) is 13.2 Å². The molecule has 0 aromatic rings. The predicted octanol–water partition coefficient (Wildman–Crippen LogP) is 1.86. The van der Waals surface area contributed by atoms with Crippen LogP contribution in [0.3, 0.4) is 0 Å². The van der Waals surface area contributed by atoms with Gasteiger partial charge >= 0.3 is 5.97 Å². The number of carbonyl (C=O) groups excluding carboxylic acids is 1. The molecule has 14 heavy (non-hydrogen) atoms. The fraction of sp³-hybridized carbons (Fsp3) is 0.364. The van der Waals surface area contributed by atoms with Gasteiger partial charge in [0.25, 0.3) is 0 Å². The molecule has 0 spiro atoms. The van der Waals surface area contributed by atoms with Gasteiger partial charge < -0.3 is 9.47 Å². The van der Waals surface area contributed by atoms with Gasteiger partial charge in [-0.2, -0.15) is 0 Å². The van der Waals surface area contributed by atoms with Gasteiger partial charge in [-0.3, -0.25) is 0 Å². The van der Waals surface area contributed by atoms with Gasteiger partial charge in [-0.15, -0.1) is 6.58 Å². The molecular weight excluding hydrogens is 180 g/mol. The summed E-state index contributed by atoms with van der Waals surface area (Å²) in [6.45, 7) is 12.8. The summed E-state index contributed by atoms with van der Waals surface area (Å²) in [6.07, 6.45) is 2.83. The second-order valence-electron chi connectivity index (χ2n) is 2.75. The molecule has 1 unspecified atom stereocenters. The highest BCUT2D eigenvalue weighted by molar-refractivity contribution is 5.88. The topological polar surface area (TPSA) is 35.5 Å². The van der Waals surface area contributed by atoms with Crippen molar-refractivity contribution in [2.24, 2.45) is 0 Å². The van der Waals surface area contributed by atoms with E-state index in [0.717, 1.165) is 0 Å². The highest BCUT2D eigenvalue weighted by atomic mass is 16.5. The first-order valence-corrected chi connectivity index (χ1v) is 4.31. The molecule has 0 aliphatic rings. The molecule has 0 amide bonds. The average molecular weight is 196 g/mol. The summed E-state index contributed by atoms with van der Waals surface area (Å²) in [5.74, 6) is -0.457. The SMILES string of the molecule is C=CCOCC(=C)C(=O)OC(C)C=C. The summed E-state index contributed by atoms with van der Waals surface area (Å²) in [5.41, 5.74) is 0.292. The minimum atomic E-state index is -0.457. The van der Waals surface area contributed by atoms with Crippen LogP contribution in [0, 0.1) is 0 Å². The van der Waals surface area contributed by atoms with Gasteiger partial charge in [-0.25, -0.2) is 4.79 Å². The second kappa shape index (κ2) is 7.09. The zero-order chi connectivity index (χ0) is 11.0. The summed E-state index contributed by atoms with van der Waals surface area (Å²) in [4.78, 5) is 11.2. The molecule has 3 nitrogen and oxygen atoms in total. The molecule has 0 radical (unpaired) electrons. The quantitative estimate of drug-likeness (QED) is 0.270. The Kier molecular flexibility index (Phi) is 6.41. The fourth-order valence-corrected chi connectivity index (χ4v) is 0.625. The van der Waals surface area contributed by atoms with Crippen LogP contribution in [0.1, 0.15) is 6.92 Å². The first-order chi connectivity index (χ1) is 6.61. The van der Waals surface area contributed by atoms with Crippen molar-refractivity contribution in [1.82, 2.24) is 0 Å². The Morgan fingerprint density at radius 1 is 1.50 bits per heavy atom. The summed E-state index contributed by atoms with van der Waals surface area (Å²) in [6, 6.07) is 0. The third-order valence-corrected chi connectivity index (χ3v) is 1.43. The zero-order valence-electron chi connectivity index (χ0n) is 8.49. The lowest BCUT2D eigenvalue weighted by Crippen LogP contribution is -2.16. The maximum absolute atomic E-state index is 11.2. The maximum Gasteiger partial charge on any atom is 0.336 e. The van der Waals surface area contributed by atoms with E-state index in [2.05, 4.69) is 19.7 Å². The van der Waals surface area contributed by atoms with E-state index >= 15 is 0 Å². The van der Waals surface area contributed by atoms with E-state index in [1.54, 1.807) is 13.0 Å². The second-order valence-corrected chi connectivity index (χ2v) is 2.75. The van der Waals surface area contributed by atoms with Crippen LogP contribution >= 0.6 is 0 Å². The standard InChI is InChI=1S/C11H16O3/c1-5-7-13-8-9(3)11(12)14-10(4)6-2/h5-6,10H,1-3,7-8H2,4H3. The lowest BCUT2D eigenvalue weighted by Gasteiger charge is -2.10. The van der Waals surface area contributed by atoms with Crippen molar-refractivity contribution >= 4 is 5.97 Å². The third-order valence-electron chi connectivity index (χ3n) is 1.43. The average Bonchev–Trinajstić information content (AvgIpc) is 2.17. The van der Waals surface area contributed by atoms with E-state index in [1.807, 2.05) is 0 Å². The van der Waals surface area contributed by atoms with E-state index in [4.69, 9.17) is 9.47 Å². The molecule has 0 aliphatic heterocycles. The summed E-state index contributed by atoms with van der Waals surface area (Å²) >= 11 is 0. The number of rotatable bonds is 7. The smallest absolute Gasteiger partial charge is 0.336 e. The monoisotopic (exact) mass is 196 g/mol. The van der Waals surface area contributed by atoms with Crippen LogP contribution < -0.4 is 0 Å². The van der Waals surface area contributed by atoms with Crippen molar-refractivity contribution in [1.29, 1.82) is 0 Å². The molecule has 0 aromatic heterocycles. The molecule has 0 fully saturated rings. The van der Waals surface area contributed by atoms with Crippen molar-refractivity contribution in [3.05, 3.63) is 37.5 Å². The Morgan fingerprint density at radius 3 is 2.64 bits per heavy atom. The highest BCUT2D eigenvalue weighted by Crippen LogP contribution is 2.00. The van der Waals surface area contributed by atoms with Crippen molar-refractivity contribution in [2.45, 2.75) is 13.0 Å². The van der Waals surface area contributed by atoms with Crippen LogP contribution in [0.25, 0.3) is 0 Å². The summed E-state index contributed by atoms with van der Waals surface area (Å²) < 4.78 is 9.97. The largest absolute Gasteiger partial charge is 0.455 e. The molecule has 0 bridgehead atoms. The molecule has 0 aliphatic carbocycles. The minimum absolute atomic E-state index is 0.161. The zero-order valence-corrected chi connectivity index (χ0v) is 8.49. The van der Waals surface area contributed by atoms with E-state index in [0.29, 0.717) is 12.2 Å². The van der Waals surface area contributed by atoms with E-state index in [1.165, 1.54) is 6.08 Å². The first kappa shape index (κ1) is 12.7. The van der Waals surface area contributed by atoms with Gasteiger partial charge in [0.2, 0.25) is 0 Å².